The number of ether oxygens (including phenoxy) is 1. The summed E-state index contributed by atoms with van der Waals surface area (Å²) in [6.45, 7) is 1.88. The summed E-state index contributed by atoms with van der Waals surface area (Å²) in [5.74, 6) is -0.403. The van der Waals surface area contributed by atoms with Crippen LogP contribution in [0, 0.1) is 12.7 Å². The van der Waals surface area contributed by atoms with Crippen LogP contribution in [0.2, 0.25) is 0 Å². The minimum absolute atomic E-state index is 0.0219. The van der Waals surface area contributed by atoms with Crippen LogP contribution in [0.15, 0.2) is 12.1 Å². The summed E-state index contributed by atoms with van der Waals surface area (Å²) < 4.78 is 17.9. The van der Waals surface area contributed by atoms with Gasteiger partial charge in [0.15, 0.2) is 0 Å². The first-order valence-corrected chi connectivity index (χ1v) is 5.00. The van der Waals surface area contributed by atoms with E-state index in [9.17, 15) is 14.3 Å². The van der Waals surface area contributed by atoms with Crippen LogP contribution in [-0.2, 0) is 4.74 Å². The van der Waals surface area contributed by atoms with Crippen molar-refractivity contribution in [2.24, 2.45) is 0 Å². The molecule has 1 saturated heterocycles. The Kier molecular flexibility index (Phi) is 2.68. The fraction of sp³-hybridized carbons (Fsp3) is 0.364. The molecule has 2 rings (SSSR count). The molecule has 0 bridgehead atoms. The molecule has 1 aromatic rings. The van der Waals surface area contributed by atoms with Crippen molar-refractivity contribution >= 4 is 6.09 Å². The molecule has 86 valence electrons. The standard InChI is InChI=1S/C11H12FNO3/c1-6-4-7(12)5-8(10(6)14)9-2-3-16-11(15)13-9/h4-5,9,14H,2-3H2,1H3,(H,13,15)/t9-/m0/s1. The molecule has 1 amide bonds. The lowest BCUT2D eigenvalue weighted by molar-refractivity contribution is 0.115. The van der Waals surface area contributed by atoms with E-state index in [1.165, 1.54) is 12.1 Å². The first-order chi connectivity index (χ1) is 7.58. The quantitative estimate of drug-likeness (QED) is 0.768. The summed E-state index contributed by atoms with van der Waals surface area (Å²) >= 11 is 0. The number of carbonyl (C=O) groups is 1. The Morgan fingerprint density at radius 1 is 1.56 bits per heavy atom. The van der Waals surface area contributed by atoms with Crippen LogP contribution in [0.4, 0.5) is 9.18 Å². The maximum Gasteiger partial charge on any atom is 0.407 e. The number of phenolic OH excluding ortho intramolecular Hbond substituents is 1. The summed E-state index contributed by atoms with van der Waals surface area (Å²) in [6, 6.07) is 2.09. The minimum Gasteiger partial charge on any atom is -0.507 e. The van der Waals surface area contributed by atoms with Crippen LogP contribution in [0.5, 0.6) is 5.75 Å². The van der Waals surface area contributed by atoms with Gasteiger partial charge in [0.2, 0.25) is 0 Å². The minimum atomic E-state index is -0.544. The van der Waals surface area contributed by atoms with Gasteiger partial charge in [0.25, 0.3) is 0 Å². The van der Waals surface area contributed by atoms with E-state index in [1.807, 2.05) is 0 Å². The number of nitrogens with one attached hydrogen (secondary N) is 1. The number of aromatic hydroxyl groups is 1. The first-order valence-electron chi connectivity index (χ1n) is 5.00. The SMILES string of the molecule is Cc1cc(F)cc([C@@H]2CCOC(=O)N2)c1O. The van der Waals surface area contributed by atoms with E-state index < -0.39 is 18.0 Å². The van der Waals surface area contributed by atoms with Crippen molar-refractivity contribution in [3.05, 3.63) is 29.1 Å². The van der Waals surface area contributed by atoms with Gasteiger partial charge in [-0.25, -0.2) is 9.18 Å². The highest BCUT2D eigenvalue weighted by atomic mass is 19.1. The van der Waals surface area contributed by atoms with Crippen molar-refractivity contribution in [2.75, 3.05) is 6.61 Å². The van der Waals surface area contributed by atoms with Gasteiger partial charge in [0, 0.05) is 12.0 Å². The fourth-order valence-corrected chi connectivity index (χ4v) is 1.79. The van der Waals surface area contributed by atoms with Crippen LogP contribution in [0.3, 0.4) is 0 Å². The van der Waals surface area contributed by atoms with Crippen molar-refractivity contribution in [1.29, 1.82) is 0 Å². The van der Waals surface area contributed by atoms with Gasteiger partial charge in [0.1, 0.15) is 11.6 Å². The average Bonchev–Trinajstić information content (AvgIpc) is 2.23. The monoisotopic (exact) mass is 225 g/mol. The van der Waals surface area contributed by atoms with Crippen molar-refractivity contribution < 1.29 is 19.0 Å². The lowest BCUT2D eigenvalue weighted by atomic mass is 9.99. The van der Waals surface area contributed by atoms with Crippen molar-refractivity contribution in [2.45, 2.75) is 19.4 Å². The van der Waals surface area contributed by atoms with Crippen LogP contribution in [0.1, 0.15) is 23.6 Å². The van der Waals surface area contributed by atoms with Gasteiger partial charge in [-0.1, -0.05) is 0 Å². The van der Waals surface area contributed by atoms with E-state index >= 15 is 0 Å². The van der Waals surface area contributed by atoms with Gasteiger partial charge in [-0.15, -0.1) is 0 Å². The number of aryl methyl sites for hydroxylation is 1. The van der Waals surface area contributed by atoms with E-state index in [4.69, 9.17) is 4.74 Å². The fourth-order valence-electron chi connectivity index (χ4n) is 1.79. The van der Waals surface area contributed by atoms with Gasteiger partial charge >= 0.3 is 6.09 Å². The second-order valence-corrected chi connectivity index (χ2v) is 3.78. The molecular formula is C11H12FNO3. The number of cyclic esters (lactones) is 1. The van der Waals surface area contributed by atoms with Crippen LogP contribution in [0.25, 0.3) is 0 Å². The highest BCUT2D eigenvalue weighted by molar-refractivity contribution is 5.69. The number of rotatable bonds is 1. The zero-order valence-electron chi connectivity index (χ0n) is 8.79. The first kappa shape index (κ1) is 10.7. The maximum atomic E-state index is 13.2. The van der Waals surface area contributed by atoms with E-state index in [0.717, 1.165) is 0 Å². The Morgan fingerprint density at radius 2 is 2.31 bits per heavy atom. The van der Waals surface area contributed by atoms with E-state index in [-0.39, 0.29) is 12.4 Å². The predicted octanol–water partition coefficient (Wildman–Crippen LogP) is 2.01. The Labute approximate surface area is 92.0 Å². The topological polar surface area (TPSA) is 58.6 Å². The third-order valence-corrected chi connectivity index (χ3v) is 2.60. The van der Waals surface area contributed by atoms with Crippen LogP contribution in [-0.4, -0.2) is 17.8 Å². The molecule has 1 aliphatic heterocycles. The number of carbonyl (C=O) groups excluding carboxylic acids is 1. The number of hydrogen-bond donors (Lipinski definition) is 2. The summed E-state index contributed by atoms with van der Waals surface area (Å²) in [5.41, 5.74) is 0.852. The van der Waals surface area contributed by atoms with E-state index in [2.05, 4.69) is 5.32 Å². The molecule has 0 aliphatic carbocycles. The summed E-state index contributed by atoms with van der Waals surface area (Å²) in [6.07, 6.45) is -0.0279. The number of halogens is 1. The van der Waals surface area contributed by atoms with E-state index in [1.54, 1.807) is 6.92 Å². The highest BCUT2D eigenvalue weighted by Crippen LogP contribution is 2.31. The van der Waals surface area contributed by atoms with Gasteiger partial charge in [-0.2, -0.15) is 0 Å². The van der Waals surface area contributed by atoms with Crippen LogP contribution < -0.4 is 5.32 Å². The van der Waals surface area contributed by atoms with Crippen LogP contribution >= 0.6 is 0 Å². The summed E-state index contributed by atoms with van der Waals surface area (Å²) in [7, 11) is 0. The molecule has 5 heteroatoms. The average molecular weight is 225 g/mol. The van der Waals surface area contributed by atoms with Crippen molar-refractivity contribution in [1.82, 2.24) is 5.32 Å². The van der Waals surface area contributed by atoms with Gasteiger partial charge in [-0.05, 0) is 24.6 Å². The number of benzene rings is 1. The normalized spacial score (nSPS) is 20.1. The zero-order valence-corrected chi connectivity index (χ0v) is 8.79. The van der Waals surface area contributed by atoms with Crippen molar-refractivity contribution in [3.63, 3.8) is 0 Å². The Hall–Kier alpha value is -1.78. The number of phenols is 1. The Bertz CT molecular complexity index is 433. The predicted molar refractivity (Wildman–Crippen MR) is 54.6 cm³/mol. The Morgan fingerprint density at radius 3 is 3.00 bits per heavy atom. The van der Waals surface area contributed by atoms with Gasteiger partial charge in [0.05, 0.1) is 12.6 Å². The maximum absolute atomic E-state index is 13.2. The molecule has 0 radical (unpaired) electrons. The second kappa shape index (κ2) is 4.00. The molecule has 0 aromatic heterocycles. The largest absolute Gasteiger partial charge is 0.507 e. The third-order valence-electron chi connectivity index (χ3n) is 2.60. The zero-order chi connectivity index (χ0) is 11.7. The lowest BCUT2D eigenvalue weighted by Crippen LogP contribution is -2.35. The molecule has 1 aliphatic rings. The molecule has 1 atom stereocenters. The molecule has 0 saturated carbocycles. The third kappa shape index (κ3) is 1.93. The molecule has 1 heterocycles. The molecule has 1 fully saturated rings. The summed E-state index contributed by atoms with van der Waals surface area (Å²) in [5, 5.41) is 12.3. The number of amides is 1. The van der Waals surface area contributed by atoms with Gasteiger partial charge < -0.3 is 15.2 Å². The van der Waals surface area contributed by atoms with E-state index in [0.29, 0.717) is 17.5 Å². The molecule has 0 unspecified atom stereocenters. The molecular weight excluding hydrogens is 213 g/mol. The molecule has 0 spiro atoms. The lowest BCUT2D eigenvalue weighted by Gasteiger charge is -2.24. The molecule has 16 heavy (non-hydrogen) atoms. The summed E-state index contributed by atoms with van der Waals surface area (Å²) in [4.78, 5) is 11.0. The number of hydrogen-bond acceptors (Lipinski definition) is 3. The molecule has 2 N–H and O–H groups in total. The van der Waals surface area contributed by atoms with Gasteiger partial charge in [-0.3, -0.25) is 0 Å². The van der Waals surface area contributed by atoms with Crippen molar-refractivity contribution in [3.8, 4) is 5.75 Å². The second-order valence-electron chi connectivity index (χ2n) is 3.78. The number of alkyl carbamates (subject to hydrolysis) is 1. The highest BCUT2D eigenvalue weighted by Gasteiger charge is 2.24. The molecule has 4 nitrogen and oxygen atoms in total. The smallest absolute Gasteiger partial charge is 0.407 e. The Balaban J connectivity index is 2.35. The molecule has 1 aromatic carbocycles.